The summed E-state index contributed by atoms with van der Waals surface area (Å²) in [5, 5.41) is 0. The molecule has 2 aromatic carbocycles. The average Bonchev–Trinajstić information content (AvgIpc) is 2.47. The molecule has 0 fully saturated rings. The van der Waals surface area contributed by atoms with Crippen LogP contribution < -0.4 is 0 Å². The van der Waals surface area contributed by atoms with E-state index in [0.29, 0.717) is 0 Å². The van der Waals surface area contributed by atoms with Crippen LogP contribution in [0.1, 0.15) is 25.0 Å². The number of ether oxygens (including phenoxy) is 1. The molecule has 20 heavy (non-hydrogen) atoms. The molecule has 102 valence electrons. The fourth-order valence-corrected chi connectivity index (χ4v) is 1.91. The van der Waals surface area contributed by atoms with Crippen LogP contribution in [0.5, 0.6) is 0 Å². The third kappa shape index (κ3) is 3.82. The normalized spacial score (nSPS) is 11.5. The van der Waals surface area contributed by atoms with Gasteiger partial charge in [0.15, 0.2) is 0 Å². The van der Waals surface area contributed by atoms with E-state index in [-0.39, 0.29) is 5.97 Å². The Morgan fingerprint density at radius 3 is 2.10 bits per heavy atom. The third-order valence-electron chi connectivity index (χ3n) is 3.04. The van der Waals surface area contributed by atoms with E-state index >= 15 is 0 Å². The van der Waals surface area contributed by atoms with Crippen molar-refractivity contribution in [2.24, 2.45) is 0 Å². The topological polar surface area (TPSA) is 26.3 Å². The van der Waals surface area contributed by atoms with E-state index < -0.39 is 5.60 Å². The second kappa shape index (κ2) is 6.20. The molecule has 0 saturated carbocycles. The van der Waals surface area contributed by atoms with Crippen LogP contribution in [0.4, 0.5) is 0 Å². The van der Waals surface area contributed by atoms with Crippen molar-refractivity contribution >= 4 is 12.0 Å². The highest BCUT2D eigenvalue weighted by molar-refractivity contribution is 5.87. The Morgan fingerprint density at radius 2 is 1.50 bits per heavy atom. The van der Waals surface area contributed by atoms with Gasteiger partial charge in [-0.25, -0.2) is 4.79 Å². The van der Waals surface area contributed by atoms with Crippen molar-refractivity contribution in [1.82, 2.24) is 0 Å². The lowest BCUT2D eigenvalue weighted by Crippen LogP contribution is -2.24. The molecule has 0 atom stereocenters. The van der Waals surface area contributed by atoms with Gasteiger partial charge in [0.25, 0.3) is 0 Å². The molecule has 0 unspecified atom stereocenters. The van der Waals surface area contributed by atoms with Crippen molar-refractivity contribution in [2.75, 3.05) is 0 Å². The van der Waals surface area contributed by atoms with Gasteiger partial charge in [-0.1, -0.05) is 60.7 Å². The molecular weight excluding hydrogens is 248 g/mol. The van der Waals surface area contributed by atoms with E-state index in [1.165, 1.54) is 6.08 Å². The first-order chi connectivity index (χ1) is 9.58. The van der Waals surface area contributed by atoms with Crippen molar-refractivity contribution < 1.29 is 9.53 Å². The number of rotatable bonds is 4. The van der Waals surface area contributed by atoms with Gasteiger partial charge in [-0.05, 0) is 31.1 Å². The van der Waals surface area contributed by atoms with Crippen LogP contribution in [-0.2, 0) is 15.1 Å². The standard InChI is InChI=1S/C18H18O2/c1-18(2,16-11-7-4-8-12-16)20-17(19)14-13-15-9-5-3-6-10-15/h3-14H,1-2H3. The molecule has 0 spiro atoms. The lowest BCUT2D eigenvalue weighted by Gasteiger charge is -2.24. The number of hydrogen-bond donors (Lipinski definition) is 0. The van der Waals surface area contributed by atoms with Crippen molar-refractivity contribution in [1.29, 1.82) is 0 Å². The van der Waals surface area contributed by atoms with Gasteiger partial charge in [0.1, 0.15) is 5.60 Å². The van der Waals surface area contributed by atoms with Gasteiger partial charge in [-0.3, -0.25) is 0 Å². The molecule has 0 amide bonds. The van der Waals surface area contributed by atoms with Crippen LogP contribution in [-0.4, -0.2) is 5.97 Å². The molecule has 2 aromatic rings. The highest BCUT2D eigenvalue weighted by atomic mass is 16.6. The first kappa shape index (κ1) is 14.1. The zero-order chi connectivity index (χ0) is 14.4. The third-order valence-corrected chi connectivity index (χ3v) is 3.04. The minimum Gasteiger partial charge on any atom is -0.452 e. The average molecular weight is 266 g/mol. The SMILES string of the molecule is CC(C)(OC(=O)C=Cc1ccccc1)c1ccccc1. The highest BCUT2D eigenvalue weighted by Crippen LogP contribution is 2.24. The summed E-state index contributed by atoms with van der Waals surface area (Å²) in [6.45, 7) is 3.77. The van der Waals surface area contributed by atoms with Gasteiger partial charge in [-0.15, -0.1) is 0 Å². The fourth-order valence-electron chi connectivity index (χ4n) is 1.91. The summed E-state index contributed by atoms with van der Waals surface area (Å²) in [6.07, 6.45) is 3.21. The minimum atomic E-state index is -0.640. The molecule has 0 aliphatic carbocycles. The molecule has 2 rings (SSSR count). The molecule has 0 heterocycles. The summed E-state index contributed by atoms with van der Waals surface area (Å²) in [7, 11) is 0. The molecule has 0 aliphatic heterocycles. The minimum absolute atomic E-state index is 0.345. The Bertz CT molecular complexity index is 583. The zero-order valence-corrected chi connectivity index (χ0v) is 11.7. The van der Waals surface area contributed by atoms with Gasteiger partial charge in [0, 0.05) is 6.08 Å². The Labute approximate surface area is 119 Å². The molecule has 2 nitrogen and oxygen atoms in total. The first-order valence-corrected chi connectivity index (χ1v) is 6.59. The van der Waals surface area contributed by atoms with Crippen molar-refractivity contribution in [3.63, 3.8) is 0 Å². The van der Waals surface area contributed by atoms with Crippen LogP contribution in [0.3, 0.4) is 0 Å². The molecule has 0 aliphatic rings. The predicted octanol–water partition coefficient (Wildman–Crippen LogP) is 4.18. The zero-order valence-electron chi connectivity index (χ0n) is 11.7. The maximum absolute atomic E-state index is 11.9. The largest absolute Gasteiger partial charge is 0.452 e. The molecular formula is C18H18O2. The van der Waals surface area contributed by atoms with Gasteiger partial charge in [-0.2, -0.15) is 0 Å². The second-order valence-corrected chi connectivity index (χ2v) is 5.04. The van der Waals surface area contributed by atoms with Gasteiger partial charge < -0.3 is 4.74 Å². The van der Waals surface area contributed by atoms with E-state index in [0.717, 1.165) is 11.1 Å². The predicted molar refractivity (Wildman–Crippen MR) is 81.0 cm³/mol. The maximum Gasteiger partial charge on any atom is 0.331 e. The Balaban J connectivity index is 2.03. The Hall–Kier alpha value is -2.35. The van der Waals surface area contributed by atoms with Crippen LogP contribution in [0, 0.1) is 0 Å². The van der Waals surface area contributed by atoms with E-state index in [9.17, 15) is 4.79 Å². The second-order valence-electron chi connectivity index (χ2n) is 5.04. The van der Waals surface area contributed by atoms with E-state index in [2.05, 4.69) is 0 Å². The maximum atomic E-state index is 11.9. The molecule has 0 N–H and O–H groups in total. The van der Waals surface area contributed by atoms with Gasteiger partial charge >= 0.3 is 5.97 Å². The van der Waals surface area contributed by atoms with Crippen LogP contribution >= 0.6 is 0 Å². The lowest BCUT2D eigenvalue weighted by molar-refractivity contribution is -0.151. The summed E-state index contributed by atoms with van der Waals surface area (Å²) in [6, 6.07) is 19.4. The summed E-state index contributed by atoms with van der Waals surface area (Å²) >= 11 is 0. The lowest BCUT2D eigenvalue weighted by atomic mass is 9.98. The summed E-state index contributed by atoms with van der Waals surface area (Å²) in [5.41, 5.74) is 1.31. The number of hydrogen-bond acceptors (Lipinski definition) is 2. The fraction of sp³-hybridized carbons (Fsp3) is 0.167. The Kier molecular flexibility index (Phi) is 4.36. The highest BCUT2D eigenvalue weighted by Gasteiger charge is 2.23. The molecule has 2 heteroatoms. The molecule has 0 saturated heterocycles. The number of carbonyl (C=O) groups excluding carboxylic acids is 1. The van der Waals surface area contributed by atoms with E-state index in [1.54, 1.807) is 6.08 Å². The van der Waals surface area contributed by atoms with Gasteiger partial charge in [0.2, 0.25) is 0 Å². The van der Waals surface area contributed by atoms with E-state index in [4.69, 9.17) is 4.74 Å². The van der Waals surface area contributed by atoms with Gasteiger partial charge in [0.05, 0.1) is 0 Å². The molecule has 0 radical (unpaired) electrons. The van der Waals surface area contributed by atoms with Crippen LogP contribution in [0.15, 0.2) is 66.7 Å². The monoisotopic (exact) mass is 266 g/mol. The Morgan fingerprint density at radius 1 is 0.950 bits per heavy atom. The quantitative estimate of drug-likeness (QED) is 0.613. The van der Waals surface area contributed by atoms with Crippen molar-refractivity contribution in [2.45, 2.75) is 19.4 Å². The first-order valence-electron chi connectivity index (χ1n) is 6.59. The molecule has 0 aromatic heterocycles. The van der Waals surface area contributed by atoms with Crippen LogP contribution in [0.2, 0.25) is 0 Å². The number of benzene rings is 2. The van der Waals surface area contributed by atoms with Crippen molar-refractivity contribution in [3.05, 3.63) is 77.9 Å². The van der Waals surface area contributed by atoms with Crippen LogP contribution in [0.25, 0.3) is 6.08 Å². The smallest absolute Gasteiger partial charge is 0.331 e. The summed E-state index contributed by atoms with van der Waals surface area (Å²) in [4.78, 5) is 11.9. The summed E-state index contributed by atoms with van der Waals surface area (Å²) < 4.78 is 5.52. The van der Waals surface area contributed by atoms with E-state index in [1.807, 2.05) is 74.5 Å². The van der Waals surface area contributed by atoms with Crippen molar-refractivity contribution in [3.8, 4) is 0 Å². The summed E-state index contributed by atoms with van der Waals surface area (Å²) in [5.74, 6) is -0.345. The number of carbonyl (C=O) groups is 1. The number of esters is 1. The molecule has 0 bridgehead atoms.